The zero-order chi connectivity index (χ0) is 11.5. The van der Waals surface area contributed by atoms with Crippen LogP contribution in [0.2, 0.25) is 0 Å². The first kappa shape index (κ1) is 9.99. The van der Waals surface area contributed by atoms with Gasteiger partial charge in [0.15, 0.2) is 0 Å². The second-order valence-corrected chi connectivity index (χ2v) is 3.33. The lowest BCUT2D eigenvalue weighted by molar-refractivity contribution is 0.932. The van der Waals surface area contributed by atoms with Crippen LogP contribution in [-0.2, 0) is 0 Å². The van der Waals surface area contributed by atoms with Crippen LogP contribution >= 0.6 is 0 Å². The standard InChI is InChI=1S/C12H9N3O/c13-7-10-6-11(8-15(14)12(10)16)9-4-2-1-3-5-9/h1-6,8H,14H2. The van der Waals surface area contributed by atoms with Crippen LogP contribution in [0.1, 0.15) is 5.56 Å². The van der Waals surface area contributed by atoms with E-state index in [2.05, 4.69) is 0 Å². The van der Waals surface area contributed by atoms with Crippen molar-refractivity contribution in [1.29, 1.82) is 5.26 Å². The van der Waals surface area contributed by atoms with Gasteiger partial charge in [-0.1, -0.05) is 30.3 Å². The molecular formula is C12H9N3O. The Hall–Kier alpha value is -2.54. The third kappa shape index (κ3) is 1.66. The summed E-state index contributed by atoms with van der Waals surface area (Å²) < 4.78 is 0.931. The van der Waals surface area contributed by atoms with E-state index >= 15 is 0 Å². The van der Waals surface area contributed by atoms with E-state index in [0.29, 0.717) is 0 Å². The summed E-state index contributed by atoms with van der Waals surface area (Å²) in [5, 5.41) is 8.80. The number of aromatic nitrogens is 1. The Bertz CT molecular complexity index is 608. The summed E-state index contributed by atoms with van der Waals surface area (Å²) in [4.78, 5) is 11.4. The summed E-state index contributed by atoms with van der Waals surface area (Å²) >= 11 is 0. The maximum atomic E-state index is 11.4. The van der Waals surface area contributed by atoms with Gasteiger partial charge in [-0.05, 0) is 11.6 Å². The zero-order valence-electron chi connectivity index (χ0n) is 8.42. The van der Waals surface area contributed by atoms with Gasteiger partial charge in [0.1, 0.15) is 11.6 Å². The van der Waals surface area contributed by atoms with Crippen molar-refractivity contribution in [2.75, 3.05) is 5.84 Å². The molecule has 0 saturated carbocycles. The first-order valence-electron chi connectivity index (χ1n) is 4.69. The Morgan fingerprint density at radius 3 is 2.50 bits per heavy atom. The van der Waals surface area contributed by atoms with Gasteiger partial charge in [0.05, 0.1) is 0 Å². The molecule has 4 heteroatoms. The minimum atomic E-state index is -0.484. The molecule has 0 spiro atoms. The van der Waals surface area contributed by atoms with E-state index in [1.165, 1.54) is 6.20 Å². The number of nitrogens with zero attached hydrogens (tertiary/aromatic N) is 2. The lowest BCUT2D eigenvalue weighted by Gasteiger charge is -2.04. The summed E-state index contributed by atoms with van der Waals surface area (Å²) in [5.41, 5.74) is 1.23. The molecule has 0 aliphatic heterocycles. The van der Waals surface area contributed by atoms with Crippen LogP contribution < -0.4 is 11.4 Å². The van der Waals surface area contributed by atoms with Gasteiger partial charge in [0, 0.05) is 11.8 Å². The Balaban J connectivity index is 2.66. The van der Waals surface area contributed by atoms with Crippen molar-refractivity contribution >= 4 is 0 Å². The number of hydrogen-bond donors (Lipinski definition) is 1. The van der Waals surface area contributed by atoms with Crippen LogP contribution in [0.25, 0.3) is 11.1 Å². The maximum absolute atomic E-state index is 11.4. The molecule has 0 saturated heterocycles. The Labute approximate surface area is 92.1 Å². The monoisotopic (exact) mass is 211 g/mol. The van der Waals surface area contributed by atoms with Crippen LogP contribution in [-0.4, -0.2) is 4.68 Å². The summed E-state index contributed by atoms with van der Waals surface area (Å²) in [6.07, 6.45) is 1.51. The van der Waals surface area contributed by atoms with Crippen molar-refractivity contribution in [2.24, 2.45) is 0 Å². The van der Waals surface area contributed by atoms with Gasteiger partial charge < -0.3 is 5.84 Å². The van der Waals surface area contributed by atoms with Crippen molar-refractivity contribution in [3.63, 3.8) is 0 Å². The molecule has 4 nitrogen and oxygen atoms in total. The van der Waals surface area contributed by atoms with E-state index in [1.54, 1.807) is 6.07 Å². The smallest absolute Gasteiger partial charge is 0.286 e. The second kappa shape index (κ2) is 3.91. The molecule has 0 atom stereocenters. The van der Waals surface area contributed by atoms with E-state index in [9.17, 15) is 4.79 Å². The molecule has 0 radical (unpaired) electrons. The summed E-state index contributed by atoms with van der Waals surface area (Å²) in [6, 6.07) is 12.8. The molecule has 2 aromatic rings. The van der Waals surface area contributed by atoms with E-state index in [4.69, 9.17) is 11.1 Å². The van der Waals surface area contributed by atoms with Crippen molar-refractivity contribution < 1.29 is 0 Å². The average molecular weight is 211 g/mol. The normalized spacial score (nSPS) is 9.69. The highest BCUT2D eigenvalue weighted by molar-refractivity contribution is 5.63. The molecule has 1 aromatic heterocycles. The number of nitriles is 1. The van der Waals surface area contributed by atoms with E-state index < -0.39 is 5.56 Å². The molecule has 2 N–H and O–H groups in total. The highest BCUT2D eigenvalue weighted by Crippen LogP contribution is 2.17. The minimum Gasteiger partial charge on any atom is -0.336 e. The van der Waals surface area contributed by atoms with Gasteiger partial charge in [-0.25, -0.2) is 4.68 Å². The molecular weight excluding hydrogens is 202 g/mol. The highest BCUT2D eigenvalue weighted by atomic mass is 16.1. The van der Waals surface area contributed by atoms with Crippen LogP contribution in [0.3, 0.4) is 0 Å². The molecule has 0 bridgehead atoms. The van der Waals surface area contributed by atoms with Crippen LogP contribution in [0.15, 0.2) is 47.4 Å². The first-order valence-corrected chi connectivity index (χ1v) is 4.69. The predicted molar refractivity (Wildman–Crippen MR) is 61.0 cm³/mol. The number of nitrogens with two attached hydrogens (primary N) is 1. The largest absolute Gasteiger partial charge is 0.336 e. The molecule has 16 heavy (non-hydrogen) atoms. The highest BCUT2D eigenvalue weighted by Gasteiger charge is 2.05. The van der Waals surface area contributed by atoms with Gasteiger partial charge in [-0.2, -0.15) is 5.26 Å². The summed E-state index contributed by atoms with van der Waals surface area (Å²) in [5.74, 6) is 5.49. The predicted octanol–water partition coefficient (Wildman–Crippen LogP) is 1.10. The average Bonchev–Trinajstić information content (AvgIpc) is 2.33. The Morgan fingerprint density at radius 1 is 1.19 bits per heavy atom. The van der Waals surface area contributed by atoms with Gasteiger partial charge in [-0.15, -0.1) is 0 Å². The molecule has 0 aliphatic carbocycles. The topological polar surface area (TPSA) is 71.8 Å². The van der Waals surface area contributed by atoms with Crippen molar-refractivity contribution in [3.8, 4) is 17.2 Å². The number of nitrogen functional groups attached to an aromatic ring is 1. The fraction of sp³-hybridized carbons (Fsp3) is 0. The van der Waals surface area contributed by atoms with E-state index in [0.717, 1.165) is 15.8 Å². The third-order valence-electron chi connectivity index (χ3n) is 2.27. The van der Waals surface area contributed by atoms with Crippen molar-refractivity contribution in [3.05, 3.63) is 58.5 Å². The zero-order valence-corrected chi connectivity index (χ0v) is 8.42. The van der Waals surface area contributed by atoms with E-state index in [-0.39, 0.29) is 5.56 Å². The molecule has 0 amide bonds. The van der Waals surface area contributed by atoms with Gasteiger partial charge >= 0.3 is 0 Å². The Morgan fingerprint density at radius 2 is 1.88 bits per heavy atom. The fourth-order valence-corrected chi connectivity index (χ4v) is 1.47. The number of rotatable bonds is 1. The van der Waals surface area contributed by atoms with Gasteiger partial charge in [0.2, 0.25) is 0 Å². The summed E-state index contributed by atoms with van der Waals surface area (Å²) in [7, 11) is 0. The molecule has 1 aromatic carbocycles. The van der Waals surface area contributed by atoms with Crippen molar-refractivity contribution in [1.82, 2.24) is 4.68 Å². The van der Waals surface area contributed by atoms with Crippen molar-refractivity contribution in [2.45, 2.75) is 0 Å². The first-order chi connectivity index (χ1) is 7.72. The molecule has 1 heterocycles. The molecule has 0 aliphatic rings. The molecule has 0 unspecified atom stereocenters. The third-order valence-corrected chi connectivity index (χ3v) is 2.27. The fourth-order valence-electron chi connectivity index (χ4n) is 1.47. The molecule has 2 rings (SSSR count). The second-order valence-electron chi connectivity index (χ2n) is 3.33. The number of hydrogen-bond acceptors (Lipinski definition) is 3. The molecule has 78 valence electrons. The quantitative estimate of drug-likeness (QED) is 0.718. The molecule has 0 fully saturated rings. The van der Waals surface area contributed by atoms with Gasteiger partial charge in [0.25, 0.3) is 5.56 Å². The Kier molecular flexibility index (Phi) is 2.44. The lowest BCUT2D eigenvalue weighted by atomic mass is 10.1. The van der Waals surface area contributed by atoms with Crippen LogP contribution in [0.4, 0.5) is 0 Å². The van der Waals surface area contributed by atoms with Crippen LogP contribution in [0.5, 0.6) is 0 Å². The van der Waals surface area contributed by atoms with E-state index in [1.807, 2.05) is 36.4 Å². The number of benzene rings is 1. The maximum Gasteiger partial charge on any atom is 0.286 e. The van der Waals surface area contributed by atoms with Crippen LogP contribution in [0, 0.1) is 11.3 Å². The number of pyridine rings is 1. The lowest BCUT2D eigenvalue weighted by Crippen LogP contribution is -2.28. The summed E-state index contributed by atoms with van der Waals surface area (Å²) in [6.45, 7) is 0. The SMILES string of the molecule is N#Cc1cc(-c2ccccc2)cn(N)c1=O. The van der Waals surface area contributed by atoms with Gasteiger partial charge in [-0.3, -0.25) is 4.79 Å². The minimum absolute atomic E-state index is 0.0452.